The monoisotopic (exact) mass is 442 g/mol. The number of para-hydroxylation sites is 1. The molecule has 1 aliphatic rings. The van der Waals surface area contributed by atoms with Crippen LogP contribution in [0.25, 0.3) is 16.6 Å². The zero-order valence-electron chi connectivity index (χ0n) is 18.8. The van der Waals surface area contributed by atoms with Gasteiger partial charge in [0.2, 0.25) is 0 Å². The van der Waals surface area contributed by atoms with Gasteiger partial charge in [-0.3, -0.25) is 4.79 Å². The number of benzene rings is 2. The van der Waals surface area contributed by atoms with Crippen molar-refractivity contribution in [2.75, 3.05) is 11.9 Å². The maximum Gasteiger partial charge on any atom is 0.338 e. The fraction of sp³-hybridized carbons (Fsp3) is 0.269. The minimum Gasteiger partial charge on any atom is -0.452 e. The number of esters is 1. The predicted octanol–water partition coefficient (Wildman–Crippen LogP) is 4.64. The van der Waals surface area contributed by atoms with E-state index in [1.54, 1.807) is 10.7 Å². The first kappa shape index (κ1) is 21.0. The summed E-state index contributed by atoms with van der Waals surface area (Å²) >= 11 is 0. The molecule has 0 radical (unpaired) electrons. The molecule has 0 aliphatic heterocycles. The lowest BCUT2D eigenvalue weighted by molar-refractivity contribution is -0.119. The lowest BCUT2D eigenvalue weighted by Gasteiger charge is -2.10. The van der Waals surface area contributed by atoms with Crippen molar-refractivity contribution in [1.29, 1.82) is 0 Å². The van der Waals surface area contributed by atoms with E-state index in [0.29, 0.717) is 16.9 Å². The maximum atomic E-state index is 12.6. The van der Waals surface area contributed by atoms with Crippen molar-refractivity contribution < 1.29 is 14.3 Å². The molecule has 2 aromatic carbocycles. The third-order valence-corrected chi connectivity index (χ3v) is 6.22. The Morgan fingerprint density at radius 3 is 2.70 bits per heavy atom. The van der Waals surface area contributed by atoms with E-state index in [1.807, 2.05) is 56.3 Å². The number of aryl methyl sites for hydroxylation is 3. The van der Waals surface area contributed by atoms with Crippen LogP contribution in [-0.4, -0.2) is 33.2 Å². The van der Waals surface area contributed by atoms with E-state index in [2.05, 4.69) is 15.4 Å². The van der Waals surface area contributed by atoms with E-state index < -0.39 is 11.9 Å². The fourth-order valence-corrected chi connectivity index (χ4v) is 4.57. The fourth-order valence-electron chi connectivity index (χ4n) is 4.57. The van der Waals surface area contributed by atoms with E-state index >= 15 is 0 Å². The van der Waals surface area contributed by atoms with Gasteiger partial charge in [0.25, 0.3) is 5.91 Å². The average molecular weight is 443 g/mol. The molecule has 33 heavy (non-hydrogen) atoms. The van der Waals surface area contributed by atoms with Crippen LogP contribution in [0.15, 0.2) is 48.5 Å². The number of hydrogen-bond acceptors (Lipinski definition) is 4. The average Bonchev–Trinajstić information content (AvgIpc) is 3.35. The highest BCUT2D eigenvalue weighted by Gasteiger charge is 2.19. The van der Waals surface area contributed by atoms with Crippen molar-refractivity contribution in [2.24, 2.45) is 0 Å². The first-order valence-corrected chi connectivity index (χ1v) is 11.2. The summed E-state index contributed by atoms with van der Waals surface area (Å²) in [5.41, 5.74) is 7.09. The predicted molar refractivity (Wildman–Crippen MR) is 127 cm³/mol. The molecule has 2 aromatic heterocycles. The Morgan fingerprint density at radius 1 is 1.09 bits per heavy atom. The number of H-pyrrole nitrogens is 1. The molecule has 5 rings (SSSR count). The van der Waals surface area contributed by atoms with Crippen LogP contribution >= 0.6 is 0 Å². The van der Waals surface area contributed by atoms with Crippen molar-refractivity contribution in [3.05, 3.63) is 76.7 Å². The zero-order chi connectivity index (χ0) is 22.9. The molecule has 0 fully saturated rings. The highest BCUT2D eigenvalue weighted by atomic mass is 16.5. The quantitative estimate of drug-likeness (QED) is 0.441. The van der Waals surface area contributed by atoms with E-state index in [9.17, 15) is 9.59 Å². The summed E-state index contributed by atoms with van der Waals surface area (Å²) in [6.07, 6.45) is 4.41. The number of anilines is 1. The number of nitrogens with zero attached hydrogens (tertiary/aromatic N) is 2. The summed E-state index contributed by atoms with van der Waals surface area (Å²) in [7, 11) is 0. The van der Waals surface area contributed by atoms with Gasteiger partial charge in [-0.25, -0.2) is 9.48 Å². The van der Waals surface area contributed by atoms with Gasteiger partial charge in [-0.05, 0) is 75.4 Å². The lowest BCUT2D eigenvalue weighted by Crippen LogP contribution is -2.21. The molecule has 4 aromatic rings. The standard InChI is InChI=1S/C26H26N4O3/c1-16-25(17(2)30(29-16)19-8-4-3-5-9-19)28-24(31)15-33-26(32)18-12-13-23-21(14-18)20-10-6-7-11-22(20)27-23/h3-5,8-9,12-14,27H,6-7,10-11,15H2,1-2H3,(H,28,31). The third-order valence-electron chi connectivity index (χ3n) is 6.22. The Hall–Kier alpha value is -3.87. The second-order valence-electron chi connectivity index (χ2n) is 8.47. The van der Waals surface area contributed by atoms with Crippen molar-refractivity contribution in [1.82, 2.24) is 14.8 Å². The normalized spacial score (nSPS) is 13.0. The molecule has 168 valence electrons. The molecule has 0 saturated heterocycles. The van der Waals surface area contributed by atoms with Crippen LogP contribution in [0.3, 0.4) is 0 Å². The number of nitrogens with one attached hydrogen (secondary N) is 2. The molecule has 0 spiro atoms. The molecule has 7 heteroatoms. The molecule has 2 N–H and O–H groups in total. The van der Waals surface area contributed by atoms with Crippen LogP contribution in [0, 0.1) is 13.8 Å². The maximum absolute atomic E-state index is 12.6. The minimum atomic E-state index is -0.508. The molecule has 0 atom stereocenters. The number of aromatic amines is 1. The Morgan fingerprint density at radius 2 is 1.88 bits per heavy atom. The largest absolute Gasteiger partial charge is 0.452 e. The van der Waals surface area contributed by atoms with Gasteiger partial charge in [-0.1, -0.05) is 18.2 Å². The second-order valence-corrected chi connectivity index (χ2v) is 8.47. The van der Waals surface area contributed by atoms with E-state index in [-0.39, 0.29) is 6.61 Å². The van der Waals surface area contributed by atoms with Gasteiger partial charge in [0.1, 0.15) is 0 Å². The van der Waals surface area contributed by atoms with Crippen LogP contribution < -0.4 is 5.32 Å². The van der Waals surface area contributed by atoms with Crippen molar-refractivity contribution in [2.45, 2.75) is 39.5 Å². The number of carbonyl (C=O) groups excluding carboxylic acids is 2. The van der Waals surface area contributed by atoms with Crippen LogP contribution in [-0.2, 0) is 22.4 Å². The molecule has 1 aliphatic carbocycles. The summed E-state index contributed by atoms with van der Waals surface area (Å²) in [6, 6.07) is 15.2. The first-order chi connectivity index (χ1) is 16.0. The van der Waals surface area contributed by atoms with Gasteiger partial charge in [-0.2, -0.15) is 5.10 Å². The lowest BCUT2D eigenvalue weighted by atomic mass is 9.95. The molecule has 7 nitrogen and oxygen atoms in total. The summed E-state index contributed by atoms with van der Waals surface area (Å²) in [6.45, 7) is 3.36. The number of amides is 1. The van der Waals surface area contributed by atoms with Crippen LogP contribution in [0.2, 0.25) is 0 Å². The van der Waals surface area contributed by atoms with Crippen molar-refractivity contribution >= 4 is 28.5 Å². The Bertz CT molecular complexity index is 1350. The SMILES string of the molecule is Cc1nn(-c2ccccc2)c(C)c1NC(=O)COC(=O)c1ccc2[nH]c3c(c2c1)CCCC3. The number of rotatable bonds is 5. The smallest absolute Gasteiger partial charge is 0.338 e. The number of ether oxygens (including phenoxy) is 1. The summed E-state index contributed by atoms with van der Waals surface area (Å²) in [5.74, 6) is -0.909. The summed E-state index contributed by atoms with van der Waals surface area (Å²) in [5, 5.41) is 8.44. The number of hydrogen-bond donors (Lipinski definition) is 2. The molecular formula is C26H26N4O3. The molecule has 0 unspecified atom stereocenters. The number of aromatic nitrogens is 3. The second kappa shape index (κ2) is 8.58. The van der Waals surface area contributed by atoms with E-state index in [4.69, 9.17) is 4.74 Å². The van der Waals surface area contributed by atoms with E-state index in [1.165, 1.54) is 17.7 Å². The van der Waals surface area contributed by atoms with Crippen LogP contribution in [0.1, 0.15) is 45.8 Å². The Kier molecular flexibility index (Phi) is 5.46. The molecule has 2 heterocycles. The summed E-state index contributed by atoms with van der Waals surface area (Å²) in [4.78, 5) is 28.6. The highest BCUT2D eigenvalue weighted by Crippen LogP contribution is 2.30. The highest BCUT2D eigenvalue weighted by molar-refractivity contribution is 5.98. The first-order valence-electron chi connectivity index (χ1n) is 11.2. The van der Waals surface area contributed by atoms with Crippen LogP contribution in [0.4, 0.5) is 5.69 Å². The van der Waals surface area contributed by atoms with Gasteiger partial charge >= 0.3 is 5.97 Å². The Labute approximate surface area is 191 Å². The topological polar surface area (TPSA) is 89.0 Å². The van der Waals surface area contributed by atoms with Crippen molar-refractivity contribution in [3.8, 4) is 5.69 Å². The van der Waals surface area contributed by atoms with Gasteiger partial charge in [-0.15, -0.1) is 0 Å². The Balaban J connectivity index is 1.26. The molecule has 0 saturated carbocycles. The van der Waals surface area contributed by atoms with Gasteiger partial charge in [0.05, 0.1) is 28.3 Å². The van der Waals surface area contributed by atoms with Crippen LogP contribution in [0.5, 0.6) is 0 Å². The van der Waals surface area contributed by atoms with E-state index in [0.717, 1.165) is 41.5 Å². The van der Waals surface area contributed by atoms with Crippen molar-refractivity contribution in [3.63, 3.8) is 0 Å². The van der Waals surface area contributed by atoms with Gasteiger partial charge in [0, 0.05) is 16.6 Å². The number of fused-ring (bicyclic) bond motifs is 3. The number of carbonyl (C=O) groups is 2. The van der Waals surface area contributed by atoms with Gasteiger partial charge < -0.3 is 15.0 Å². The zero-order valence-corrected chi connectivity index (χ0v) is 18.8. The molecule has 1 amide bonds. The molecular weight excluding hydrogens is 416 g/mol. The minimum absolute atomic E-state index is 0.364. The summed E-state index contributed by atoms with van der Waals surface area (Å²) < 4.78 is 7.10. The van der Waals surface area contributed by atoms with Gasteiger partial charge in [0.15, 0.2) is 6.61 Å². The molecule has 0 bridgehead atoms. The third kappa shape index (κ3) is 4.02.